The summed E-state index contributed by atoms with van der Waals surface area (Å²) in [5, 5.41) is 0. The van der Waals surface area contributed by atoms with Gasteiger partial charge in [-0.25, -0.2) is 14.4 Å². The zero-order valence-electron chi connectivity index (χ0n) is 24.0. The van der Waals surface area contributed by atoms with Crippen LogP contribution in [0, 0.1) is 6.57 Å². The molecule has 6 nitrogen and oxygen atoms in total. The Morgan fingerprint density at radius 1 is 0.714 bits per heavy atom. The first-order valence-electron chi connectivity index (χ1n) is 13.4. The zero-order chi connectivity index (χ0) is 30.2. The number of esters is 2. The van der Waals surface area contributed by atoms with Crippen LogP contribution in [0.25, 0.3) is 16.0 Å². The van der Waals surface area contributed by atoms with E-state index in [-0.39, 0.29) is 28.1 Å². The first kappa shape index (κ1) is 28.1. The maximum Gasteiger partial charge on any atom is 0.338 e. The molecule has 208 valence electrons. The molecule has 0 aliphatic heterocycles. The van der Waals surface area contributed by atoms with E-state index in [1.54, 1.807) is 38.1 Å². The van der Waals surface area contributed by atoms with Gasteiger partial charge in [0, 0.05) is 46.1 Å². The number of carbonyl (C=O) groups excluding carboxylic acids is 2. The van der Waals surface area contributed by atoms with Crippen LogP contribution in [0.1, 0.15) is 38.8 Å². The highest BCUT2D eigenvalue weighted by molar-refractivity contribution is 5.91. The molecule has 5 rings (SSSR count). The van der Waals surface area contributed by atoms with E-state index in [0.717, 1.165) is 11.4 Å². The standard InChI is InChI=1S/C36H30N2O4/c1-22(2)34(39)41-28-18-27(19-29(21-28)42-35(40)23(3)4)38(25-14-12-24(37-7)13-15-25)26-16-17-31-30-10-8-9-11-32(30)36(5,6)33(31)20-26/h8-21H,1,3H2,2,4-6H3. The Kier molecular flexibility index (Phi) is 7.28. The number of ether oxygens (including phenoxy) is 2. The fourth-order valence-electron chi connectivity index (χ4n) is 5.15. The number of carbonyl (C=O) groups is 2. The quantitative estimate of drug-likeness (QED) is 0.0987. The number of hydrogen-bond acceptors (Lipinski definition) is 5. The van der Waals surface area contributed by atoms with Crippen LogP contribution >= 0.6 is 0 Å². The van der Waals surface area contributed by atoms with E-state index in [2.05, 4.69) is 68.2 Å². The molecule has 0 saturated carbocycles. The van der Waals surface area contributed by atoms with E-state index < -0.39 is 11.9 Å². The van der Waals surface area contributed by atoms with Crippen molar-refractivity contribution in [2.75, 3.05) is 4.90 Å². The summed E-state index contributed by atoms with van der Waals surface area (Å²) in [5.41, 5.74) is 7.71. The summed E-state index contributed by atoms with van der Waals surface area (Å²) in [6, 6.07) is 26.8. The van der Waals surface area contributed by atoms with Gasteiger partial charge in [-0.05, 0) is 60.4 Å². The molecule has 0 saturated heterocycles. The molecule has 1 aliphatic carbocycles. The average molecular weight is 555 g/mol. The summed E-state index contributed by atoms with van der Waals surface area (Å²) in [4.78, 5) is 30.4. The molecular formula is C36H30N2O4. The molecule has 0 amide bonds. The van der Waals surface area contributed by atoms with Crippen molar-refractivity contribution in [3.63, 3.8) is 0 Å². The smallest absolute Gasteiger partial charge is 0.338 e. The van der Waals surface area contributed by atoms with Crippen LogP contribution in [-0.4, -0.2) is 11.9 Å². The van der Waals surface area contributed by atoms with Gasteiger partial charge in [-0.2, -0.15) is 0 Å². The molecular weight excluding hydrogens is 524 g/mol. The van der Waals surface area contributed by atoms with Gasteiger partial charge >= 0.3 is 11.9 Å². The highest BCUT2D eigenvalue weighted by Gasteiger charge is 2.35. The van der Waals surface area contributed by atoms with Crippen molar-refractivity contribution < 1.29 is 19.1 Å². The molecule has 0 atom stereocenters. The van der Waals surface area contributed by atoms with Crippen molar-refractivity contribution in [2.24, 2.45) is 0 Å². The summed E-state index contributed by atoms with van der Waals surface area (Å²) < 4.78 is 11.2. The second kappa shape index (κ2) is 10.9. The summed E-state index contributed by atoms with van der Waals surface area (Å²) in [5.74, 6) is -0.841. The summed E-state index contributed by atoms with van der Waals surface area (Å²) in [7, 11) is 0. The second-order valence-electron chi connectivity index (χ2n) is 10.9. The molecule has 0 aromatic heterocycles. The third kappa shape index (κ3) is 5.21. The summed E-state index contributed by atoms with van der Waals surface area (Å²) >= 11 is 0. The van der Waals surface area contributed by atoms with Crippen LogP contribution in [0.4, 0.5) is 22.7 Å². The number of fused-ring (bicyclic) bond motifs is 3. The first-order chi connectivity index (χ1) is 20.0. The molecule has 42 heavy (non-hydrogen) atoms. The average Bonchev–Trinajstić information content (AvgIpc) is 3.19. The Balaban J connectivity index is 1.70. The van der Waals surface area contributed by atoms with Crippen LogP contribution in [-0.2, 0) is 15.0 Å². The van der Waals surface area contributed by atoms with Crippen molar-refractivity contribution in [1.29, 1.82) is 0 Å². The van der Waals surface area contributed by atoms with E-state index in [1.165, 1.54) is 28.3 Å². The summed E-state index contributed by atoms with van der Waals surface area (Å²) in [6.07, 6.45) is 0. The molecule has 6 heteroatoms. The topological polar surface area (TPSA) is 60.2 Å². The maximum atomic E-state index is 12.5. The lowest BCUT2D eigenvalue weighted by molar-refractivity contribution is -0.130. The van der Waals surface area contributed by atoms with Gasteiger partial charge in [-0.3, -0.25) is 0 Å². The van der Waals surface area contributed by atoms with Crippen molar-refractivity contribution in [1.82, 2.24) is 0 Å². The Bertz CT molecular complexity index is 1760. The van der Waals surface area contributed by atoms with Crippen LogP contribution in [0.3, 0.4) is 0 Å². The van der Waals surface area contributed by atoms with Crippen molar-refractivity contribution >= 4 is 34.7 Å². The monoisotopic (exact) mass is 554 g/mol. The molecule has 0 heterocycles. The van der Waals surface area contributed by atoms with Crippen molar-refractivity contribution in [2.45, 2.75) is 33.1 Å². The van der Waals surface area contributed by atoms with Gasteiger partial charge in [0.2, 0.25) is 0 Å². The third-order valence-corrected chi connectivity index (χ3v) is 7.30. The van der Waals surface area contributed by atoms with E-state index >= 15 is 0 Å². The third-order valence-electron chi connectivity index (χ3n) is 7.30. The zero-order valence-corrected chi connectivity index (χ0v) is 24.0. The number of nitrogens with zero attached hydrogens (tertiary/aromatic N) is 2. The van der Waals surface area contributed by atoms with Gasteiger partial charge in [0.1, 0.15) is 11.5 Å². The van der Waals surface area contributed by atoms with E-state index in [1.807, 2.05) is 23.1 Å². The van der Waals surface area contributed by atoms with E-state index in [9.17, 15) is 9.59 Å². The van der Waals surface area contributed by atoms with Crippen LogP contribution in [0.15, 0.2) is 109 Å². The maximum absolute atomic E-state index is 12.5. The number of benzene rings is 4. The number of rotatable bonds is 7. The Morgan fingerprint density at radius 3 is 1.83 bits per heavy atom. The largest absolute Gasteiger partial charge is 0.423 e. The van der Waals surface area contributed by atoms with E-state index in [4.69, 9.17) is 16.0 Å². The second-order valence-corrected chi connectivity index (χ2v) is 10.9. The normalized spacial score (nSPS) is 12.4. The molecule has 4 aromatic carbocycles. The van der Waals surface area contributed by atoms with Gasteiger partial charge in [0.25, 0.3) is 0 Å². The summed E-state index contributed by atoms with van der Waals surface area (Å²) in [6.45, 7) is 22.3. The lowest BCUT2D eigenvalue weighted by atomic mass is 9.82. The molecule has 0 bridgehead atoms. The molecule has 0 N–H and O–H groups in total. The van der Waals surface area contributed by atoms with Crippen LogP contribution in [0.2, 0.25) is 0 Å². The van der Waals surface area contributed by atoms with Crippen LogP contribution < -0.4 is 14.4 Å². The van der Waals surface area contributed by atoms with Gasteiger partial charge in [-0.1, -0.05) is 69.5 Å². The van der Waals surface area contributed by atoms with Gasteiger partial charge in [-0.15, -0.1) is 0 Å². The fourth-order valence-corrected chi connectivity index (χ4v) is 5.15. The minimum Gasteiger partial charge on any atom is -0.423 e. The van der Waals surface area contributed by atoms with Crippen molar-refractivity contribution in [3.05, 3.63) is 132 Å². The predicted molar refractivity (Wildman–Crippen MR) is 166 cm³/mol. The van der Waals surface area contributed by atoms with E-state index in [0.29, 0.717) is 11.4 Å². The highest BCUT2D eigenvalue weighted by atomic mass is 16.5. The Morgan fingerprint density at radius 2 is 1.26 bits per heavy atom. The minimum absolute atomic E-state index is 0.182. The van der Waals surface area contributed by atoms with Gasteiger partial charge < -0.3 is 14.4 Å². The number of anilines is 3. The SMILES string of the molecule is [C-]#[N+]c1ccc(N(c2cc(OC(=O)C(=C)C)cc(OC(=O)C(=C)C)c2)c2ccc3c(c2)C(C)(C)c2ccccc2-3)cc1. The van der Waals surface area contributed by atoms with Crippen molar-refractivity contribution in [3.8, 4) is 22.6 Å². The van der Waals surface area contributed by atoms with Crippen LogP contribution in [0.5, 0.6) is 11.5 Å². The molecule has 4 aromatic rings. The molecule has 0 fully saturated rings. The minimum atomic E-state index is -0.602. The fraction of sp³-hybridized carbons (Fsp3) is 0.139. The lowest BCUT2D eigenvalue weighted by Crippen LogP contribution is -2.17. The molecule has 0 spiro atoms. The lowest BCUT2D eigenvalue weighted by Gasteiger charge is -2.28. The predicted octanol–water partition coefficient (Wildman–Crippen LogP) is 8.98. The number of hydrogen-bond donors (Lipinski definition) is 0. The molecule has 0 radical (unpaired) electrons. The molecule has 0 unspecified atom stereocenters. The first-order valence-corrected chi connectivity index (χ1v) is 13.4. The van der Waals surface area contributed by atoms with Gasteiger partial charge in [0.05, 0.1) is 12.3 Å². The Labute approximate surface area is 246 Å². The highest BCUT2D eigenvalue weighted by Crippen LogP contribution is 2.51. The Hall–Kier alpha value is -5.41. The molecule has 1 aliphatic rings. The van der Waals surface area contributed by atoms with Gasteiger partial charge in [0.15, 0.2) is 5.69 Å².